The molecule has 1 aromatic heterocycles. The van der Waals surface area contributed by atoms with Crippen LogP contribution in [0.2, 0.25) is 0 Å². The normalized spacial score (nSPS) is 10.8. The van der Waals surface area contributed by atoms with E-state index in [0.29, 0.717) is 0 Å². The first-order valence-corrected chi connectivity index (χ1v) is 7.39. The summed E-state index contributed by atoms with van der Waals surface area (Å²) in [6.07, 6.45) is 1.45. The molecule has 0 saturated carbocycles. The van der Waals surface area contributed by atoms with Crippen molar-refractivity contribution in [3.8, 4) is 0 Å². The van der Waals surface area contributed by atoms with Crippen LogP contribution in [0.25, 0.3) is 0 Å². The van der Waals surface area contributed by atoms with Crippen LogP contribution in [-0.2, 0) is 34.0 Å². The van der Waals surface area contributed by atoms with Gasteiger partial charge in [0, 0.05) is 6.20 Å². The van der Waals surface area contributed by atoms with Gasteiger partial charge in [0.25, 0.3) is 0 Å². The second-order valence-electron chi connectivity index (χ2n) is 4.63. The molecule has 0 aliphatic carbocycles. The lowest BCUT2D eigenvalue weighted by atomic mass is 9.83. The zero-order chi connectivity index (χ0) is 17.5. The molecule has 1 rings (SSSR count). The van der Waals surface area contributed by atoms with E-state index >= 15 is 0 Å². The van der Waals surface area contributed by atoms with Gasteiger partial charge >= 0.3 is 23.3 Å². The number of ether oxygens (including phenoxy) is 3. The summed E-state index contributed by atoms with van der Waals surface area (Å²) in [5, 5.41) is 0. The Morgan fingerprint density at radius 2 is 1.35 bits per heavy atom. The van der Waals surface area contributed by atoms with Crippen molar-refractivity contribution in [1.82, 2.24) is 4.98 Å². The van der Waals surface area contributed by atoms with Gasteiger partial charge < -0.3 is 14.2 Å². The maximum atomic E-state index is 12.5. The van der Waals surface area contributed by atoms with Gasteiger partial charge in [-0.3, -0.25) is 4.98 Å². The van der Waals surface area contributed by atoms with Crippen LogP contribution in [-0.4, -0.2) is 42.7 Å². The first-order chi connectivity index (χ1) is 10.9. The van der Waals surface area contributed by atoms with Gasteiger partial charge in [0.05, 0.1) is 25.5 Å². The van der Waals surface area contributed by atoms with E-state index in [1.54, 1.807) is 33.8 Å². The van der Waals surface area contributed by atoms with Gasteiger partial charge in [0.1, 0.15) is 0 Å². The molecule has 0 unspecified atom stereocenters. The molecule has 7 heteroatoms. The van der Waals surface area contributed by atoms with Crippen molar-refractivity contribution in [2.24, 2.45) is 0 Å². The smallest absolute Gasteiger partial charge is 0.341 e. The third-order valence-electron chi connectivity index (χ3n) is 3.04. The quantitative estimate of drug-likeness (QED) is 0.424. The van der Waals surface area contributed by atoms with E-state index in [1.807, 2.05) is 0 Å². The highest BCUT2D eigenvalue weighted by Crippen LogP contribution is 2.29. The first kappa shape index (κ1) is 18.6. The van der Waals surface area contributed by atoms with Gasteiger partial charge in [-0.05, 0) is 39.3 Å². The second-order valence-corrected chi connectivity index (χ2v) is 4.63. The number of esters is 3. The summed E-state index contributed by atoms with van der Waals surface area (Å²) in [5.74, 6) is -3.19. The molecule has 23 heavy (non-hydrogen) atoms. The topological polar surface area (TPSA) is 91.8 Å². The minimum absolute atomic E-state index is 0.00868. The molecule has 0 bridgehead atoms. The van der Waals surface area contributed by atoms with E-state index < -0.39 is 23.3 Å². The van der Waals surface area contributed by atoms with Crippen LogP contribution in [0.15, 0.2) is 18.3 Å². The number of aryl methyl sites for hydroxylation is 1. The highest BCUT2D eigenvalue weighted by atomic mass is 16.6. The molecule has 7 nitrogen and oxygen atoms in total. The summed E-state index contributed by atoms with van der Waals surface area (Å²) in [5.41, 5.74) is -1.66. The monoisotopic (exact) mass is 323 g/mol. The van der Waals surface area contributed by atoms with Crippen molar-refractivity contribution >= 4 is 17.9 Å². The van der Waals surface area contributed by atoms with Crippen LogP contribution in [0.5, 0.6) is 0 Å². The Kier molecular flexibility index (Phi) is 6.68. The van der Waals surface area contributed by atoms with Crippen molar-refractivity contribution in [3.63, 3.8) is 0 Å². The van der Waals surface area contributed by atoms with E-state index in [9.17, 15) is 14.4 Å². The largest absolute Gasteiger partial charge is 0.464 e. The Bertz CT molecular complexity index is 521. The lowest BCUT2D eigenvalue weighted by molar-refractivity contribution is -0.176. The van der Waals surface area contributed by atoms with E-state index in [0.717, 1.165) is 5.56 Å². The molecule has 0 atom stereocenters. The zero-order valence-electron chi connectivity index (χ0n) is 13.8. The van der Waals surface area contributed by atoms with Crippen LogP contribution < -0.4 is 0 Å². The number of carbonyl (C=O) groups excluding carboxylic acids is 3. The number of hydrogen-bond acceptors (Lipinski definition) is 7. The van der Waals surface area contributed by atoms with Gasteiger partial charge in [-0.1, -0.05) is 6.07 Å². The van der Waals surface area contributed by atoms with Gasteiger partial charge in [-0.2, -0.15) is 0 Å². The van der Waals surface area contributed by atoms with E-state index in [-0.39, 0.29) is 25.5 Å². The minimum atomic E-state index is -2.38. The molecule has 0 aromatic carbocycles. The van der Waals surface area contributed by atoms with Crippen LogP contribution in [0, 0.1) is 6.92 Å². The lowest BCUT2D eigenvalue weighted by Gasteiger charge is -2.26. The fraction of sp³-hybridized carbons (Fsp3) is 0.500. The molecule has 0 N–H and O–H groups in total. The van der Waals surface area contributed by atoms with Crippen molar-refractivity contribution in [2.45, 2.75) is 33.1 Å². The molecule has 0 aliphatic rings. The average molecular weight is 323 g/mol. The lowest BCUT2D eigenvalue weighted by Crippen LogP contribution is -2.54. The van der Waals surface area contributed by atoms with Crippen LogP contribution >= 0.6 is 0 Å². The maximum Gasteiger partial charge on any atom is 0.341 e. The van der Waals surface area contributed by atoms with Crippen LogP contribution in [0.4, 0.5) is 0 Å². The number of pyridine rings is 1. The molecule has 0 spiro atoms. The molecule has 1 aromatic rings. The van der Waals surface area contributed by atoms with Crippen molar-refractivity contribution in [2.75, 3.05) is 19.8 Å². The zero-order valence-corrected chi connectivity index (χ0v) is 13.8. The molecule has 0 saturated heterocycles. The van der Waals surface area contributed by atoms with Crippen molar-refractivity contribution in [1.29, 1.82) is 0 Å². The summed E-state index contributed by atoms with van der Waals surface area (Å²) in [4.78, 5) is 41.6. The summed E-state index contributed by atoms with van der Waals surface area (Å²) >= 11 is 0. The third-order valence-corrected chi connectivity index (χ3v) is 3.04. The first-order valence-electron chi connectivity index (χ1n) is 7.39. The molecule has 0 fully saturated rings. The molecule has 0 radical (unpaired) electrons. The Labute approximate surface area is 134 Å². The van der Waals surface area contributed by atoms with Crippen LogP contribution in [0.3, 0.4) is 0 Å². The number of aromatic nitrogens is 1. The van der Waals surface area contributed by atoms with Gasteiger partial charge in [0.2, 0.25) is 0 Å². The molecular formula is C16H21NO6. The highest BCUT2D eigenvalue weighted by molar-refractivity contribution is 6.23. The van der Waals surface area contributed by atoms with Gasteiger partial charge in [-0.25, -0.2) is 14.4 Å². The fourth-order valence-electron chi connectivity index (χ4n) is 1.97. The predicted molar refractivity (Wildman–Crippen MR) is 80.6 cm³/mol. The molecular weight excluding hydrogens is 302 g/mol. The fourth-order valence-corrected chi connectivity index (χ4v) is 1.97. The van der Waals surface area contributed by atoms with Crippen molar-refractivity contribution < 1.29 is 28.6 Å². The summed E-state index contributed by atoms with van der Waals surface area (Å²) < 4.78 is 14.8. The number of rotatable bonds is 7. The maximum absolute atomic E-state index is 12.5. The average Bonchev–Trinajstić information content (AvgIpc) is 2.50. The Hall–Kier alpha value is -2.44. The predicted octanol–water partition coefficient (Wildman–Crippen LogP) is 1.32. The second kappa shape index (κ2) is 8.26. The molecule has 0 aliphatic heterocycles. The number of hydrogen-bond donors (Lipinski definition) is 0. The number of carbonyl (C=O) groups is 3. The SMILES string of the molecule is CCOC(=O)C(C(=O)OCC)(C(=O)OCC)c1ccc(C)cn1. The molecule has 126 valence electrons. The highest BCUT2D eigenvalue weighted by Gasteiger charge is 2.60. The Morgan fingerprint density at radius 3 is 1.65 bits per heavy atom. The standard InChI is InChI=1S/C16H21NO6/c1-5-21-13(18)16(14(19)22-6-2,15(20)23-7-3)12-9-8-11(4)10-17-12/h8-10H,5-7H2,1-4H3. The Morgan fingerprint density at radius 1 is 0.913 bits per heavy atom. The van der Waals surface area contributed by atoms with Crippen molar-refractivity contribution in [3.05, 3.63) is 29.6 Å². The summed E-state index contributed by atoms with van der Waals surface area (Å²) in [6, 6.07) is 3.05. The van der Waals surface area contributed by atoms with Gasteiger partial charge in [0.15, 0.2) is 0 Å². The number of nitrogens with zero attached hydrogens (tertiary/aromatic N) is 1. The minimum Gasteiger partial charge on any atom is -0.464 e. The summed E-state index contributed by atoms with van der Waals surface area (Å²) in [6.45, 7) is 6.48. The van der Waals surface area contributed by atoms with Crippen LogP contribution in [0.1, 0.15) is 32.0 Å². The van der Waals surface area contributed by atoms with E-state index in [4.69, 9.17) is 14.2 Å². The van der Waals surface area contributed by atoms with E-state index in [2.05, 4.69) is 4.98 Å². The van der Waals surface area contributed by atoms with Gasteiger partial charge in [-0.15, -0.1) is 0 Å². The molecule has 0 amide bonds. The Balaban J connectivity index is 3.56. The summed E-state index contributed by atoms with van der Waals surface area (Å²) in [7, 11) is 0. The third kappa shape index (κ3) is 3.67. The molecule has 1 heterocycles. The van der Waals surface area contributed by atoms with E-state index in [1.165, 1.54) is 12.3 Å².